The molecule has 1 atom stereocenters. The van der Waals surface area contributed by atoms with Crippen LogP contribution in [0.3, 0.4) is 0 Å². The molecule has 3 aromatic rings. The molecule has 0 bridgehead atoms. The van der Waals surface area contributed by atoms with Crippen LogP contribution >= 0.6 is 0 Å². The molecule has 1 aliphatic rings. The lowest BCUT2D eigenvalue weighted by Crippen LogP contribution is -2.32. The molecule has 1 aliphatic heterocycles. The van der Waals surface area contributed by atoms with Gasteiger partial charge in [0.1, 0.15) is 0 Å². The Morgan fingerprint density at radius 2 is 1.48 bits per heavy atom. The molecule has 2 aromatic carbocycles. The number of likely N-dealkylation sites (tertiary alicyclic amines) is 1. The summed E-state index contributed by atoms with van der Waals surface area (Å²) in [5.74, 6) is 0. The smallest absolute Gasteiger partial charge is 0.0544 e. The summed E-state index contributed by atoms with van der Waals surface area (Å²) in [6, 6.07) is 28.7. The summed E-state index contributed by atoms with van der Waals surface area (Å²) in [6.45, 7) is 4.28. The second-order valence-electron chi connectivity index (χ2n) is 7.09. The number of nitrogens with zero attached hydrogens (tertiary/aromatic N) is 2. The summed E-state index contributed by atoms with van der Waals surface area (Å²) in [5.41, 5.74) is 4.02. The molecule has 1 fully saturated rings. The lowest BCUT2D eigenvalue weighted by Gasteiger charge is -2.31. The zero-order chi connectivity index (χ0) is 17.1. The van der Waals surface area contributed by atoms with Crippen molar-refractivity contribution in [2.45, 2.75) is 31.3 Å². The summed E-state index contributed by atoms with van der Waals surface area (Å²) in [4.78, 5) is 7.10. The van der Waals surface area contributed by atoms with Crippen molar-refractivity contribution in [1.82, 2.24) is 9.88 Å². The van der Waals surface area contributed by atoms with Crippen molar-refractivity contribution in [3.8, 4) is 0 Å². The average Bonchev–Trinajstić information content (AvgIpc) is 3.01. The van der Waals surface area contributed by atoms with Crippen LogP contribution in [0.1, 0.15) is 30.2 Å². The summed E-state index contributed by atoms with van der Waals surface area (Å²) in [6.07, 6.45) is 3.02. The Bertz CT molecular complexity index is 760. The van der Waals surface area contributed by atoms with Crippen molar-refractivity contribution < 1.29 is 0 Å². The third kappa shape index (κ3) is 3.10. The van der Waals surface area contributed by atoms with Crippen molar-refractivity contribution in [1.29, 1.82) is 0 Å². The minimum Gasteiger partial charge on any atom is -0.294 e. The van der Waals surface area contributed by atoms with E-state index in [0.29, 0.717) is 6.04 Å². The number of hydrogen-bond acceptors (Lipinski definition) is 2. The Balaban J connectivity index is 1.71. The number of rotatable bonds is 4. The molecule has 0 saturated carbocycles. The third-order valence-electron chi connectivity index (χ3n) is 5.48. The highest BCUT2D eigenvalue weighted by Crippen LogP contribution is 2.43. The van der Waals surface area contributed by atoms with E-state index in [-0.39, 0.29) is 5.41 Å². The molecule has 1 aromatic heterocycles. The van der Waals surface area contributed by atoms with E-state index in [2.05, 4.69) is 89.6 Å². The first kappa shape index (κ1) is 16.0. The van der Waals surface area contributed by atoms with Crippen LogP contribution in [0.2, 0.25) is 0 Å². The lowest BCUT2D eigenvalue weighted by molar-refractivity contribution is 0.252. The van der Waals surface area contributed by atoms with E-state index in [1.165, 1.54) is 11.1 Å². The monoisotopic (exact) mass is 328 g/mol. The van der Waals surface area contributed by atoms with Gasteiger partial charge in [-0.3, -0.25) is 9.88 Å². The van der Waals surface area contributed by atoms with Crippen molar-refractivity contribution in [2.24, 2.45) is 0 Å². The molecular formula is C23H24N2. The van der Waals surface area contributed by atoms with Crippen LogP contribution in [0.25, 0.3) is 0 Å². The van der Waals surface area contributed by atoms with Gasteiger partial charge in [0.05, 0.1) is 5.69 Å². The highest BCUT2D eigenvalue weighted by Gasteiger charge is 2.44. The van der Waals surface area contributed by atoms with Gasteiger partial charge in [-0.05, 0) is 36.6 Å². The molecule has 0 aliphatic carbocycles. The maximum Gasteiger partial charge on any atom is 0.0544 e. The summed E-state index contributed by atoms with van der Waals surface area (Å²) in [7, 11) is 0. The highest BCUT2D eigenvalue weighted by molar-refractivity contribution is 5.41. The van der Waals surface area contributed by atoms with Gasteiger partial charge in [0.2, 0.25) is 0 Å². The van der Waals surface area contributed by atoms with Crippen molar-refractivity contribution in [3.05, 3.63) is 102 Å². The van der Waals surface area contributed by atoms with Crippen LogP contribution in [0.5, 0.6) is 0 Å². The molecule has 0 N–H and O–H groups in total. The molecule has 25 heavy (non-hydrogen) atoms. The Labute approximate surface area is 150 Å². The zero-order valence-corrected chi connectivity index (χ0v) is 14.7. The molecular weight excluding hydrogens is 304 g/mol. The SMILES string of the molecule is CC1CC(c2ccccc2)(c2ccccc2)CN1Cc1ccccn1. The molecule has 1 saturated heterocycles. The first-order valence-electron chi connectivity index (χ1n) is 9.03. The molecule has 126 valence electrons. The first-order valence-corrected chi connectivity index (χ1v) is 9.03. The normalized spacial score (nSPS) is 19.8. The van der Waals surface area contributed by atoms with Gasteiger partial charge in [-0.2, -0.15) is 0 Å². The standard InChI is InChI=1S/C23H24N2/c1-19-16-23(20-10-4-2-5-11-20,21-12-6-3-7-13-21)18-25(19)17-22-14-8-9-15-24-22/h2-15,19H,16-18H2,1H3. The van der Waals surface area contributed by atoms with Gasteiger partial charge in [-0.25, -0.2) is 0 Å². The maximum atomic E-state index is 4.53. The van der Waals surface area contributed by atoms with Gasteiger partial charge in [0, 0.05) is 30.7 Å². The number of hydrogen-bond donors (Lipinski definition) is 0. The molecule has 0 amide bonds. The Kier molecular flexibility index (Phi) is 4.37. The minimum absolute atomic E-state index is 0.0523. The summed E-state index contributed by atoms with van der Waals surface area (Å²) >= 11 is 0. The number of pyridine rings is 1. The topological polar surface area (TPSA) is 16.1 Å². The highest BCUT2D eigenvalue weighted by atomic mass is 15.2. The van der Waals surface area contributed by atoms with Gasteiger partial charge in [-0.1, -0.05) is 66.7 Å². The van der Waals surface area contributed by atoms with Crippen LogP contribution in [0.15, 0.2) is 85.1 Å². The largest absolute Gasteiger partial charge is 0.294 e. The predicted octanol–water partition coefficient (Wildman–Crippen LogP) is 4.66. The maximum absolute atomic E-state index is 4.53. The Morgan fingerprint density at radius 3 is 2.04 bits per heavy atom. The Hall–Kier alpha value is -2.45. The predicted molar refractivity (Wildman–Crippen MR) is 102 cm³/mol. The quantitative estimate of drug-likeness (QED) is 0.692. The van der Waals surface area contributed by atoms with Gasteiger partial charge in [0.15, 0.2) is 0 Å². The van der Waals surface area contributed by atoms with Crippen molar-refractivity contribution in [3.63, 3.8) is 0 Å². The van der Waals surface area contributed by atoms with E-state index in [4.69, 9.17) is 0 Å². The fraction of sp³-hybridized carbons (Fsp3) is 0.261. The fourth-order valence-corrected chi connectivity index (χ4v) is 4.21. The Morgan fingerprint density at radius 1 is 0.880 bits per heavy atom. The summed E-state index contributed by atoms with van der Waals surface area (Å²) < 4.78 is 0. The van der Waals surface area contributed by atoms with Crippen LogP contribution in [-0.2, 0) is 12.0 Å². The van der Waals surface area contributed by atoms with Gasteiger partial charge in [0.25, 0.3) is 0 Å². The van der Waals surface area contributed by atoms with Crippen LogP contribution in [0.4, 0.5) is 0 Å². The molecule has 0 radical (unpaired) electrons. The van der Waals surface area contributed by atoms with E-state index in [9.17, 15) is 0 Å². The third-order valence-corrected chi connectivity index (χ3v) is 5.48. The van der Waals surface area contributed by atoms with Crippen LogP contribution in [-0.4, -0.2) is 22.5 Å². The first-order chi connectivity index (χ1) is 12.3. The van der Waals surface area contributed by atoms with Crippen molar-refractivity contribution >= 4 is 0 Å². The van der Waals surface area contributed by atoms with E-state index in [1.54, 1.807) is 0 Å². The van der Waals surface area contributed by atoms with E-state index >= 15 is 0 Å². The molecule has 4 rings (SSSR count). The van der Waals surface area contributed by atoms with Crippen LogP contribution < -0.4 is 0 Å². The van der Waals surface area contributed by atoms with Crippen LogP contribution in [0, 0.1) is 0 Å². The van der Waals surface area contributed by atoms with Gasteiger partial charge in [-0.15, -0.1) is 0 Å². The van der Waals surface area contributed by atoms with Crippen molar-refractivity contribution in [2.75, 3.05) is 6.54 Å². The van der Waals surface area contributed by atoms with E-state index in [0.717, 1.165) is 25.2 Å². The molecule has 0 spiro atoms. The number of aromatic nitrogens is 1. The summed E-state index contributed by atoms with van der Waals surface area (Å²) in [5, 5.41) is 0. The second-order valence-corrected chi connectivity index (χ2v) is 7.09. The van der Waals surface area contributed by atoms with E-state index < -0.39 is 0 Å². The molecule has 2 nitrogen and oxygen atoms in total. The minimum atomic E-state index is 0.0523. The van der Waals surface area contributed by atoms with Gasteiger partial charge >= 0.3 is 0 Å². The molecule has 2 heterocycles. The molecule has 2 heteroatoms. The zero-order valence-electron chi connectivity index (χ0n) is 14.7. The lowest BCUT2D eigenvalue weighted by atomic mass is 9.73. The number of benzene rings is 2. The fourth-order valence-electron chi connectivity index (χ4n) is 4.21. The second kappa shape index (κ2) is 6.81. The average molecular weight is 328 g/mol. The van der Waals surface area contributed by atoms with Gasteiger partial charge < -0.3 is 0 Å². The van der Waals surface area contributed by atoms with E-state index in [1.807, 2.05) is 12.3 Å². The molecule has 1 unspecified atom stereocenters.